The molecule has 0 atom stereocenters. The Morgan fingerprint density at radius 3 is 2.33 bits per heavy atom. The van der Waals surface area contributed by atoms with Gasteiger partial charge < -0.3 is 0 Å². The van der Waals surface area contributed by atoms with Gasteiger partial charge in [-0.25, -0.2) is 5.53 Å². The van der Waals surface area contributed by atoms with Crippen LogP contribution in [-0.4, -0.2) is 0 Å². The highest BCUT2D eigenvalue weighted by Gasteiger charge is 1.69. The molecule has 0 amide bonds. The molecule has 0 aromatic rings. The maximum absolute atomic E-state index is 6.37. The van der Waals surface area contributed by atoms with Crippen LogP contribution in [0, 0.1) is 5.53 Å². The van der Waals surface area contributed by atoms with E-state index in [1.165, 1.54) is 0 Å². The van der Waals surface area contributed by atoms with Gasteiger partial charge in [-0.1, -0.05) is 6.08 Å². The normalized spacial score (nSPS) is 11.3. The topological polar surface area (TPSA) is 36.2 Å². The third-order valence-electron chi connectivity index (χ3n) is 0.594. The molecule has 0 aliphatic carbocycles. The van der Waals surface area contributed by atoms with Crippen LogP contribution in [0.4, 0.5) is 0 Å². The van der Waals surface area contributed by atoms with Crippen molar-refractivity contribution < 1.29 is 0 Å². The van der Waals surface area contributed by atoms with Crippen LogP contribution in [0.2, 0.25) is 0 Å². The van der Waals surface area contributed by atoms with Crippen LogP contribution in [0.25, 0.3) is 0 Å². The summed E-state index contributed by atoms with van der Waals surface area (Å²) in [5, 5.41) is 3.12. The van der Waals surface area contributed by atoms with Gasteiger partial charge in [0.15, 0.2) is 0 Å². The number of rotatable bonds is 1. The summed E-state index contributed by atoms with van der Waals surface area (Å²) in [6.07, 6.45) is 1.78. The zero-order valence-corrected chi connectivity index (χ0v) is 4.02. The molecule has 0 aromatic carbocycles. The zero-order chi connectivity index (χ0) is 4.99. The molecule has 34 valence electrons. The molecule has 0 aliphatic rings. The van der Waals surface area contributed by atoms with E-state index in [-0.39, 0.29) is 0 Å². The first kappa shape index (κ1) is 5.34. The van der Waals surface area contributed by atoms with Crippen LogP contribution in [-0.2, 0) is 0 Å². The van der Waals surface area contributed by atoms with Crippen LogP contribution >= 0.6 is 0 Å². The van der Waals surface area contributed by atoms with E-state index in [9.17, 15) is 0 Å². The van der Waals surface area contributed by atoms with Crippen molar-refractivity contribution in [1.82, 2.24) is 0 Å². The fourth-order valence-corrected chi connectivity index (χ4v) is 0.0645. The first-order valence-electron chi connectivity index (χ1n) is 1.81. The molecule has 6 heavy (non-hydrogen) atoms. The van der Waals surface area contributed by atoms with E-state index in [2.05, 4.69) is 5.11 Å². The Kier molecular flexibility index (Phi) is 2.29. The lowest BCUT2D eigenvalue weighted by Gasteiger charge is -1.76. The Labute approximate surface area is 37.4 Å². The molecule has 0 aliphatic heterocycles. The molecule has 0 bridgehead atoms. The summed E-state index contributed by atoms with van der Waals surface area (Å²) < 4.78 is 0. The van der Waals surface area contributed by atoms with Gasteiger partial charge in [-0.2, -0.15) is 5.11 Å². The lowest BCUT2D eigenvalue weighted by molar-refractivity contribution is 1.05. The zero-order valence-electron chi connectivity index (χ0n) is 4.02. The summed E-state index contributed by atoms with van der Waals surface area (Å²) in [4.78, 5) is 0. The highest BCUT2D eigenvalue weighted by atomic mass is 15.0. The first-order chi connectivity index (χ1) is 2.81. The number of allylic oxidation sites excluding steroid dienone is 2. The van der Waals surface area contributed by atoms with Crippen molar-refractivity contribution in [3.63, 3.8) is 0 Å². The summed E-state index contributed by atoms with van der Waals surface area (Å²) in [7, 11) is 0. The number of nitrogens with one attached hydrogen (secondary N) is 1. The second-order valence-corrected chi connectivity index (χ2v) is 1.04. The van der Waals surface area contributed by atoms with Crippen LogP contribution in [0.3, 0.4) is 0 Å². The van der Waals surface area contributed by atoms with Gasteiger partial charge >= 0.3 is 0 Å². The average molecular weight is 84.1 g/mol. The largest absolute Gasteiger partial charge is 0.205 e. The summed E-state index contributed by atoms with van der Waals surface area (Å²) in [5.74, 6) is 0. The van der Waals surface area contributed by atoms with Gasteiger partial charge in [0.25, 0.3) is 0 Å². The van der Waals surface area contributed by atoms with Crippen LogP contribution in [0.5, 0.6) is 0 Å². The molecule has 0 fully saturated rings. The molecule has 0 spiro atoms. The summed E-state index contributed by atoms with van der Waals surface area (Å²) in [6.45, 7) is 3.64. The fourth-order valence-electron chi connectivity index (χ4n) is 0.0645. The molecule has 0 radical (unpaired) electrons. The molecule has 2 heteroatoms. The SMILES string of the molecule is CC=C(C)N=N. The number of hydrogen-bond donors (Lipinski definition) is 1. The molecule has 0 aromatic heterocycles. The lowest BCUT2D eigenvalue weighted by Crippen LogP contribution is -1.56. The van der Waals surface area contributed by atoms with Crippen molar-refractivity contribution in [3.8, 4) is 0 Å². The Balaban J connectivity index is 3.50. The van der Waals surface area contributed by atoms with Crippen molar-refractivity contribution in [1.29, 1.82) is 5.53 Å². The Bertz CT molecular complexity index is 73.6. The number of hydrogen-bond acceptors (Lipinski definition) is 2. The van der Waals surface area contributed by atoms with Crippen molar-refractivity contribution in [3.05, 3.63) is 11.8 Å². The maximum Gasteiger partial charge on any atom is 0.0550 e. The predicted molar refractivity (Wildman–Crippen MR) is 24.6 cm³/mol. The molecule has 0 saturated heterocycles. The van der Waals surface area contributed by atoms with Crippen molar-refractivity contribution in [2.45, 2.75) is 13.8 Å². The van der Waals surface area contributed by atoms with E-state index in [1.54, 1.807) is 13.0 Å². The first-order valence-corrected chi connectivity index (χ1v) is 1.81. The van der Waals surface area contributed by atoms with E-state index < -0.39 is 0 Å². The van der Waals surface area contributed by atoms with Crippen molar-refractivity contribution >= 4 is 0 Å². The highest BCUT2D eigenvalue weighted by Crippen LogP contribution is 1.88. The molecule has 0 heterocycles. The van der Waals surface area contributed by atoms with Crippen LogP contribution in [0.1, 0.15) is 13.8 Å². The Morgan fingerprint density at radius 1 is 1.83 bits per heavy atom. The van der Waals surface area contributed by atoms with Crippen molar-refractivity contribution in [2.24, 2.45) is 5.11 Å². The standard InChI is InChI=1S/C4H8N2/c1-3-4(2)6-5/h3,5H,1-2H3. The molecule has 1 N–H and O–H groups in total. The third-order valence-corrected chi connectivity index (χ3v) is 0.594. The van der Waals surface area contributed by atoms with E-state index >= 15 is 0 Å². The highest BCUT2D eigenvalue weighted by molar-refractivity contribution is 4.89. The molecule has 2 nitrogen and oxygen atoms in total. The Hall–Kier alpha value is -0.660. The van der Waals surface area contributed by atoms with Gasteiger partial charge in [0.1, 0.15) is 0 Å². The van der Waals surface area contributed by atoms with E-state index in [1.807, 2.05) is 6.92 Å². The van der Waals surface area contributed by atoms with Gasteiger partial charge in [0, 0.05) is 0 Å². The van der Waals surface area contributed by atoms with Crippen LogP contribution < -0.4 is 0 Å². The number of nitrogens with zero attached hydrogens (tertiary/aromatic N) is 1. The van der Waals surface area contributed by atoms with E-state index in [0.29, 0.717) is 0 Å². The minimum atomic E-state index is 0.759. The molecule has 0 rings (SSSR count). The smallest absolute Gasteiger partial charge is 0.0550 e. The van der Waals surface area contributed by atoms with Crippen LogP contribution in [0.15, 0.2) is 16.9 Å². The fraction of sp³-hybridized carbons (Fsp3) is 0.500. The molecular weight excluding hydrogens is 76.1 g/mol. The molecule has 0 saturated carbocycles. The molecule has 0 unspecified atom stereocenters. The minimum absolute atomic E-state index is 0.759. The van der Waals surface area contributed by atoms with E-state index in [0.717, 1.165) is 5.70 Å². The average Bonchev–Trinajstić information content (AvgIpc) is 1.65. The minimum Gasteiger partial charge on any atom is -0.205 e. The second-order valence-electron chi connectivity index (χ2n) is 1.04. The van der Waals surface area contributed by atoms with E-state index in [4.69, 9.17) is 5.53 Å². The monoisotopic (exact) mass is 84.1 g/mol. The predicted octanol–water partition coefficient (Wildman–Crippen LogP) is 1.94. The Morgan fingerprint density at radius 2 is 2.33 bits per heavy atom. The summed E-state index contributed by atoms with van der Waals surface area (Å²) in [5.41, 5.74) is 7.12. The second kappa shape index (κ2) is 2.57. The third kappa shape index (κ3) is 1.64. The quantitative estimate of drug-likeness (QED) is 0.471. The maximum atomic E-state index is 6.37. The van der Waals surface area contributed by atoms with Gasteiger partial charge in [-0.05, 0) is 13.8 Å². The lowest BCUT2D eigenvalue weighted by atomic mass is 10.5. The molecular formula is C4H8N2. The van der Waals surface area contributed by atoms with Crippen molar-refractivity contribution in [2.75, 3.05) is 0 Å². The summed E-state index contributed by atoms with van der Waals surface area (Å²) in [6, 6.07) is 0. The summed E-state index contributed by atoms with van der Waals surface area (Å²) >= 11 is 0. The van der Waals surface area contributed by atoms with Gasteiger partial charge in [0.2, 0.25) is 0 Å². The van der Waals surface area contributed by atoms with Gasteiger partial charge in [-0.3, -0.25) is 0 Å². The van der Waals surface area contributed by atoms with Gasteiger partial charge in [0.05, 0.1) is 5.70 Å². The van der Waals surface area contributed by atoms with Gasteiger partial charge in [-0.15, -0.1) is 0 Å².